The molecule has 1 aromatic heterocycles. The molecule has 2 aromatic carbocycles. The van der Waals surface area contributed by atoms with E-state index in [2.05, 4.69) is 10.3 Å². The first kappa shape index (κ1) is 21.0. The molecule has 1 atom stereocenters. The van der Waals surface area contributed by atoms with Gasteiger partial charge in [0.15, 0.2) is 0 Å². The third-order valence-corrected chi connectivity index (χ3v) is 6.32. The Morgan fingerprint density at radius 2 is 1.97 bits per heavy atom. The third kappa shape index (κ3) is 4.29. The van der Waals surface area contributed by atoms with Crippen LogP contribution in [0.5, 0.6) is 5.75 Å². The van der Waals surface area contributed by atoms with Crippen molar-refractivity contribution in [1.29, 1.82) is 0 Å². The summed E-state index contributed by atoms with van der Waals surface area (Å²) in [6, 6.07) is 13.0. The van der Waals surface area contributed by atoms with Crippen molar-refractivity contribution >= 4 is 23.2 Å². The number of amides is 2. The minimum Gasteiger partial charge on any atom is -0.496 e. The standard InChI is InChI=1S/C23H22FN3O3S/c1-14-26-20(21(31-14)15-7-9-16(24)10-8-15)23(29)27-12-11-17(27)13-25-22(28)18-5-3-4-6-19(18)30-2/h3-10,17H,11-13H2,1-2H3,(H,25,28). The number of carbonyl (C=O) groups is 2. The molecule has 1 aliphatic heterocycles. The van der Waals surface area contributed by atoms with Gasteiger partial charge in [-0.3, -0.25) is 9.59 Å². The fourth-order valence-electron chi connectivity index (χ4n) is 3.56. The first-order chi connectivity index (χ1) is 15.0. The number of hydrogen-bond donors (Lipinski definition) is 1. The van der Waals surface area contributed by atoms with E-state index in [0.717, 1.165) is 21.9 Å². The SMILES string of the molecule is COc1ccccc1C(=O)NCC1CCN1C(=O)c1nc(C)sc1-c1ccc(F)cc1. The second kappa shape index (κ2) is 8.85. The highest BCUT2D eigenvalue weighted by atomic mass is 32.1. The molecule has 1 aliphatic rings. The highest BCUT2D eigenvalue weighted by Crippen LogP contribution is 2.33. The minimum atomic E-state index is -0.327. The molecule has 0 spiro atoms. The highest BCUT2D eigenvalue weighted by Gasteiger charge is 2.35. The average molecular weight is 440 g/mol. The number of aryl methyl sites for hydroxylation is 1. The monoisotopic (exact) mass is 439 g/mol. The number of halogens is 1. The Balaban J connectivity index is 1.46. The van der Waals surface area contributed by atoms with Crippen LogP contribution in [0.15, 0.2) is 48.5 Å². The van der Waals surface area contributed by atoms with Gasteiger partial charge in [0, 0.05) is 13.1 Å². The zero-order chi connectivity index (χ0) is 22.0. The van der Waals surface area contributed by atoms with Crippen LogP contribution < -0.4 is 10.1 Å². The summed E-state index contributed by atoms with van der Waals surface area (Å²) in [4.78, 5) is 32.6. The van der Waals surface area contributed by atoms with Crippen molar-refractivity contribution in [3.8, 4) is 16.2 Å². The Morgan fingerprint density at radius 1 is 1.23 bits per heavy atom. The summed E-state index contributed by atoms with van der Waals surface area (Å²) in [6.07, 6.45) is 0.799. The molecule has 2 amide bonds. The van der Waals surface area contributed by atoms with Gasteiger partial charge in [-0.1, -0.05) is 24.3 Å². The van der Waals surface area contributed by atoms with Crippen LogP contribution in [-0.4, -0.2) is 47.9 Å². The number of likely N-dealkylation sites (tertiary alicyclic amines) is 1. The average Bonchev–Trinajstić information content (AvgIpc) is 3.15. The first-order valence-corrected chi connectivity index (χ1v) is 10.7. The van der Waals surface area contributed by atoms with E-state index in [1.165, 1.54) is 30.6 Å². The molecule has 0 radical (unpaired) electrons. The second-order valence-electron chi connectivity index (χ2n) is 7.27. The Labute approximate surface area is 183 Å². The van der Waals surface area contributed by atoms with Crippen molar-refractivity contribution in [2.75, 3.05) is 20.2 Å². The molecule has 31 heavy (non-hydrogen) atoms. The van der Waals surface area contributed by atoms with Gasteiger partial charge >= 0.3 is 0 Å². The second-order valence-corrected chi connectivity index (χ2v) is 8.47. The van der Waals surface area contributed by atoms with Gasteiger partial charge in [-0.2, -0.15) is 0 Å². The maximum atomic E-state index is 13.3. The number of rotatable bonds is 6. The van der Waals surface area contributed by atoms with Crippen LogP contribution >= 0.6 is 11.3 Å². The summed E-state index contributed by atoms with van der Waals surface area (Å²) in [5.41, 5.74) is 1.59. The molecule has 2 heterocycles. The number of nitrogens with zero attached hydrogens (tertiary/aromatic N) is 2. The van der Waals surface area contributed by atoms with Gasteiger partial charge in [0.1, 0.15) is 17.3 Å². The smallest absolute Gasteiger partial charge is 0.274 e. The maximum absolute atomic E-state index is 13.3. The number of para-hydroxylation sites is 1. The highest BCUT2D eigenvalue weighted by molar-refractivity contribution is 7.15. The lowest BCUT2D eigenvalue weighted by molar-refractivity contribution is 0.0451. The van der Waals surface area contributed by atoms with Crippen LogP contribution in [0, 0.1) is 12.7 Å². The molecule has 1 unspecified atom stereocenters. The van der Waals surface area contributed by atoms with Gasteiger partial charge in [0.05, 0.1) is 28.6 Å². The van der Waals surface area contributed by atoms with Crippen LogP contribution in [0.25, 0.3) is 10.4 Å². The summed E-state index contributed by atoms with van der Waals surface area (Å²) >= 11 is 1.41. The molecule has 1 saturated heterocycles. The molecular weight excluding hydrogens is 417 g/mol. The molecular formula is C23H22FN3O3S. The number of nitrogens with one attached hydrogen (secondary N) is 1. The zero-order valence-corrected chi connectivity index (χ0v) is 18.0. The van der Waals surface area contributed by atoms with E-state index in [9.17, 15) is 14.0 Å². The quantitative estimate of drug-likeness (QED) is 0.632. The fraction of sp³-hybridized carbons (Fsp3) is 0.261. The van der Waals surface area contributed by atoms with Crippen molar-refractivity contribution < 1.29 is 18.7 Å². The lowest BCUT2D eigenvalue weighted by atomic mass is 10.0. The topological polar surface area (TPSA) is 71.5 Å². The fourth-order valence-corrected chi connectivity index (χ4v) is 4.48. The molecule has 1 N–H and O–H groups in total. The van der Waals surface area contributed by atoms with E-state index in [1.54, 1.807) is 41.3 Å². The molecule has 0 saturated carbocycles. The maximum Gasteiger partial charge on any atom is 0.274 e. The molecule has 1 fully saturated rings. The number of aromatic nitrogens is 1. The van der Waals surface area contributed by atoms with Gasteiger partial charge in [0.25, 0.3) is 11.8 Å². The third-order valence-electron chi connectivity index (χ3n) is 5.30. The molecule has 0 bridgehead atoms. The van der Waals surface area contributed by atoms with Gasteiger partial charge in [0.2, 0.25) is 0 Å². The van der Waals surface area contributed by atoms with Gasteiger partial charge < -0.3 is 15.0 Å². The summed E-state index contributed by atoms with van der Waals surface area (Å²) < 4.78 is 18.5. The Bertz CT molecular complexity index is 1110. The Kier molecular flexibility index (Phi) is 5.99. The summed E-state index contributed by atoms with van der Waals surface area (Å²) in [6.45, 7) is 2.79. The number of thiazole rings is 1. The predicted octanol–water partition coefficient (Wildman–Crippen LogP) is 3.91. The lowest BCUT2D eigenvalue weighted by Crippen LogP contribution is -2.56. The predicted molar refractivity (Wildman–Crippen MR) is 117 cm³/mol. The van der Waals surface area contributed by atoms with Gasteiger partial charge in [-0.25, -0.2) is 9.37 Å². The zero-order valence-electron chi connectivity index (χ0n) is 17.2. The van der Waals surface area contributed by atoms with Crippen molar-refractivity contribution in [2.24, 2.45) is 0 Å². The van der Waals surface area contributed by atoms with E-state index >= 15 is 0 Å². The number of ether oxygens (including phenoxy) is 1. The lowest BCUT2D eigenvalue weighted by Gasteiger charge is -2.40. The van der Waals surface area contributed by atoms with Crippen molar-refractivity contribution in [3.63, 3.8) is 0 Å². The Hall–Kier alpha value is -3.26. The van der Waals surface area contributed by atoms with Crippen molar-refractivity contribution in [1.82, 2.24) is 15.2 Å². The van der Waals surface area contributed by atoms with Crippen molar-refractivity contribution in [3.05, 3.63) is 70.6 Å². The summed E-state index contributed by atoms with van der Waals surface area (Å²) in [5.74, 6) is -0.241. The first-order valence-electron chi connectivity index (χ1n) is 9.93. The van der Waals surface area contributed by atoms with Crippen LogP contribution in [0.1, 0.15) is 32.3 Å². The Morgan fingerprint density at radius 3 is 2.65 bits per heavy atom. The molecule has 6 nitrogen and oxygen atoms in total. The summed E-state index contributed by atoms with van der Waals surface area (Å²) in [7, 11) is 1.52. The van der Waals surface area contributed by atoms with Crippen LogP contribution in [0.2, 0.25) is 0 Å². The van der Waals surface area contributed by atoms with E-state index in [0.29, 0.717) is 30.1 Å². The van der Waals surface area contributed by atoms with E-state index in [4.69, 9.17) is 4.74 Å². The number of carbonyl (C=O) groups excluding carboxylic acids is 2. The van der Waals surface area contributed by atoms with Gasteiger partial charge in [-0.05, 0) is 43.2 Å². The number of hydrogen-bond acceptors (Lipinski definition) is 5. The van der Waals surface area contributed by atoms with E-state index in [-0.39, 0.29) is 23.7 Å². The van der Waals surface area contributed by atoms with Crippen LogP contribution in [0.4, 0.5) is 4.39 Å². The normalized spacial score (nSPS) is 15.3. The van der Waals surface area contributed by atoms with Crippen molar-refractivity contribution in [2.45, 2.75) is 19.4 Å². The van der Waals surface area contributed by atoms with E-state index in [1.807, 2.05) is 6.92 Å². The molecule has 4 rings (SSSR count). The molecule has 160 valence electrons. The van der Waals surface area contributed by atoms with E-state index < -0.39 is 0 Å². The van der Waals surface area contributed by atoms with Crippen LogP contribution in [0.3, 0.4) is 0 Å². The van der Waals surface area contributed by atoms with Crippen LogP contribution in [-0.2, 0) is 0 Å². The number of benzene rings is 2. The largest absolute Gasteiger partial charge is 0.496 e. The molecule has 8 heteroatoms. The number of methoxy groups -OCH3 is 1. The molecule has 3 aromatic rings. The minimum absolute atomic E-state index is 0.103. The van der Waals surface area contributed by atoms with Gasteiger partial charge in [-0.15, -0.1) is 11.3 Å². The molecule has 0 aliphatic carbocycles. The summed E-state index contributed by atoms with van der Waals surface area (Å²) in [5, 5.41) is 3.67.